The molecule has 9 nitrogen and oxygen atoms in total. The number of fused-ring (bicyclic) bond motifs is 1. The maximum Gasteiger partial charge on any atom is 0.325 e. The first-order valence-electron chi connectivity index (χ1n) is 9.18. The molecule has 0 radical (unpaired) electrons. The summed E-state index contributed by atoms with van der Waals surface area (Å²) in [4.78, 5) is 32.3. The summed E-state index contributed by atoms with van der Waals surface area (Å²) >= 11 is 0. The number of aliphatic imine (C=N–C) groups is 1. The molecule has 28 heavy (non-hydrogen) atoms. The number of carbonyl (C=O) groups is 2. The minimum atomic E-state index is -0.570. The number of imide groups is 1. The van der Waals surface area contributed by atoms with Crippen LogP contribution < -0.4 is 15.5 Å². The van der Waals surface area contributed by atoms with Crippen LogP contribution in [0.2, 0.25) is 0 Å². The van der Waals surface area contributed by atoms with Gasteiger partial charge < -0.3 is 14.5 Å². The summed E-state index contributed by atoms with van der Waals surface area (Å²) in [6.07, 6.45) is -0.570. The van der Waals surface area contributed by atoms with E-state index in [-0.39, 0.29) is 5.91 Å². The lowest BCUT2D eigenvalue weighted by atomic mass is 10.1. The number of amides is 3. The Bertz CT molecular complexity index is 817. The van der Waals surface area contributed by atoms with E-state index in [0.717, 1.165) is 17.0 Å². The van der Waals surface area contributed by atoms with E-state index >= 15 is 0 Å². The molecule has 0 aromatic heterocycles. The highest BCUT2D eigenvalue weighted by atomic mass is 16.5. The van der Waals surface area contributed by atoms with Crippen LogP contribution in [0.5, 0.6) is 5.75 Å². The van der Waals surface area contributed by atoms with Crippen molar-refractivity contribution in [3.05, 3.63) is 29.8 Å². The van der Waals surface area contributed by atoms with Crippen molar-refractivity contribution in [2.45, 2.75) is 33.0 Å². The van der Waals surface area contributed by atoms with Crippen molar-refractivity contribution >= 4 is 23.6 Å². The molecule has 2 aliphatic heterocycles. The molecule has 9 heteroatoms. The Balaban J connectivity index is 1.83. The normalized spacial score (nSPS) is 22.2. The van der Waals surface area contributed by atoms with Gasteiger partial charge in [-0.3, -0.25) is 10.1 Å². The average Bonchev–Trinajstić information content (AvgIpc) is 3.02. The summed E-state index contributed by atoms with van der Waals surface area (Å²) < 4.78 is 5.17. The van der Waals surface area contributed by atoms with Crippen LogP contribution in [0.4, 0.5) is 4.79 Å². The lowest BCUT2D eigenvalue weighted by Crippen LogP contribution is -2.64. The smallest absolute Gasteiger partial charge is 0.325 e. The minimum absolute atomic E-state index is 0.299. The fourth-order valence-corrected chi connectivity index (χ4v) is 3.24. The van der Waals surface area contributed by atoms with Gasteiger partial charge in [0.15, 0.2) is 12.2 Å². The number of nitrogens with zero attached hydrogens (tertiary/aromatic N) is 4. The van der Waals surface area contributed by atoms with Crippen molar-refractivity contribution in [3.8, 4) is 5.75 Å². The van der Waals surface area contributed by atoms with E-state index in [4.69, 9.17) is 4.74 Å². The van der Waals surface area contributed by atoms with Gasteiger partial charge in [-0.25, -0.2) is 15.2 Å². The summed E-state index contributed by atoms with van der Waals surface area (Å²) in [6.45, 7) is 6.62. The van der Waals surface area contributed by atoms with Gasteiger partial charge in [0.25, 0.3) is 5.91 Å². The Morgan fingerprint density at radius 2 is 2.00 bits per heavy atom. The standard InChI is InChI=1S/C19H26N6O3/c1-11(2)10-25-15-16(24(4)19(27)21-17(15)26)20-18(25)23-22-12(3)13-6-8-14(28-5)9-7-13/h6-9,11,15-16H,10H2,1-5H3,(H,20,23)(H,21,26,27)/b22-12+. The molecule has 0 aliphatic carbocycles. The number of urea groups is 1. The summed E-state index contributed by atoms with van der Waals surface area (Å²) in [7, 11) is 3.25. The second-order valence-corrected chi connectivity index (χ2v) is 7.30. The molecule has 1 fully saturated rings. The van der Waals surface area contributed by atoms with Crippen molar-refractivity contribution < 1.29 is 14.3 Å². The molecule has 0 bridgehead atoms. The zero-order valence-electron chi connectivity index (χ0n) is 16.8. The van der Waals surface area contributed by atoms with Crippen molar-refractivity contribution in [2.24, 2.45) is 16.0 Å². The molecule has 0 spiro atoms. The number of carbonyl (C=O) groups excluding carboxylic acids is 2. The third-order valence-corrected chi connectivity index (χ3v) is 4.75. The third-order valence-electron chi connectivity index (χ3n) is 4.75. The largest absolute Gasteiger partial charge is 0.497 e. The van der Waals surface area contributed by atoms with Gasteiger partial charge in [-0.2, -0.15) is 5.10 Å². The number of methoxy groups -OCH3 is 1. The van der Waals surface area contributed by atoms with Crippen LogP contribution in [0.25, 0.3) is 0 Å². The number of hydrazone groups is 1. The van der Waals surface area contributed by atoms with Crippen LogP contribution >= 0.6 is 0 Å². The third kappa shape index (κ3) is 3.78. The zero-order valence-corrected chi connectivity index (χ0v) is 16.8. The van der Waals surface area contributed by atoms with E-state index < -0.39 is 18.2 Å². The zero-order chi connectivity index (χ0) is 20.4. The molecule has 3 amide bonds. The van der Waals surface area contributed by atoms with Crippen LogP contribution in [-0.2, 0) is 4.79 Å². The van der Waals surface area contributed by atoms with E-state index in [0.29, 0.717) is 18.4 Å². The molecule has 1 aromatic rings. The van der Waals surface area contributed by atoms with Gasteiger partial charge in [0.05, 0.1) is 12.8 Å². The number of hydrogen-bond acceptors (Lipinski definition) is 7. The van der Waals surface area contributed by atoms with E-state index in [9.17, 15) is 9.59 Å². The molecular formula is C19H26N6O3. The fraction of sp³-hybridized carbons (Fsp3) is 0.474. The number of benzene rings is 1. The van der Waals surface area contributed by atoms with Crippen molar-refractivity contribution in [3.63, 3.8) is 0 Å². The van der Waals surface area contributed by atoms with Crippen LogP contribution in [0.15, 0.2) is 34.4 Å². The monoisotopic (exact) mass is 386 g/mol. The molecule has 2 atom stereocenters. The minimum Gasteiger partial charge on any atom is -0.497 e. The van der Waals surface area contributed by atoms with Crippen LogP contribution in [0, 0.1) is 5.92 Å². The summed E-state index contributed by atoms with van der Waals surface area (Å²) in [5.41, 5.74) is 4.69. The van der Waals surface area contributed by atoms with E-state index in [2.05, 4.69) is 34.7 Å². The molecule has 2 aliphatic rings. The Labute approximate surface area is 164 Å². The predicted octanol–water partition coefficient (Wildman–Crippen LogP) is 1.21. The Hall–Kier alpha value is -3.10. The highest BCUT2D eigenvalue weighted by Gasteiger charge is 2.48. The number of nitrogens with one attached hydrogen (secondary N) is 2. The highest BCUT2D eigenvalue weighted by molar-refractivity contribution is 6.04. The molecule has 0 saturated carbocycles. The maximum atomic E-state index is 12.4. The number of hydrogen-bond donors (Lipinski definition) is 2. The van der Waals surface area contributed by atoms with Gasteiger partial charge in [-0.1, -0.05) is 13.8 Å². The molecule has 2 N–H and O–H groups in total. The lowest BCUT2D eigenvalue weighted by molar-refractivity contribution is -0.127. The molecule has 1 saturated heterocycles. The van der Waals surface area contributed by atoms with Crippen molar-refractivity contribution in [1.82, 2.24) is 20.5 Å². The van der Waals surface area contributed by atoms with Gasteiger partial charge in [-0.15, -0.1) is 0 Å². The lowest BCUT2D eigenvalue weighted by Gasteiger charge is -2.36. The van der Waals surface area contributed by atoms with Gasteiger partial charge in [-0.05, 0) is 42.7 Å². The Morgan fingerprint density at radius 3 is 2.61 bits per heavy atom. The molecule has 2 unspecified atom stereocenters. The number of guanidine groups is 1. The van der Waals surface area contributed by atoms with Crippen LogP contribution in [0.3, 0.4) is 0 Å². The first kappa shape index (κ1) is 19.7. The second kappa shape index (κ2) is 7.87. The van der Waals surface area contributed by atoms with Crippen LogP contribution in [0.1, 0.15) is 26.3 Å². The molecule has 1 aromatic carbocycles. The summed E-state index contributed by atoms with van der Waals surface area (Å²) in [5.74, 6) is 1.21. The van der Waals surface area contributed by atoms with Crippen molar-refractivity contribution in [2.75, 3.05) is 20.7 Å². The SMILES string of the molecule is COc1ccc(/C(C)=N/NC2=NC3C(C(=O)NC(=O)N3C)N2CC(C)C)cc1. The van der Waals surface area contributed by atoms with Crippen molar-refractivity contribution in [1.29, 1.82) is 0 Å². The topological polar surface area (TPSA) is 98.6 Å². The number of likely N-dealkylation sites (N-methyl/N-ethyl adjacent to an activating group) is 1. The average molecular weight is 386 g/mol. The Kier molecular flexibility index (Phi) is 5.53. The fourth-order valence-electron chi connectivity index (χ4n) is 3.24. The predicted molar refractivity (Wildman–Crippen MR) is 106 cm³/mol. The van der Waals surface area contributed by atoms with Gasteiger partial charge in [0.2, 0.25) is 5.96 Å². The summed E-state index contributed by atoms with van der Waals surface area (Å²) in [5, 5.41) is 6.82. The van der Waals surface area contributed by atoms with Crippen LogP contribution in [-0.4, -0.2) is 66.3 Å². The van der Waals surface area contributed by atoms with E-state index in [1.807, 2.05) is 36.1 Å². The van der Waals surface area contributed by atoms with E-state index in [1.165, 1.54) is 4.90 Å². The molecular weight excluding hydrogens is 360 g/mol. The van der Waals surface area contributed by atoms with E-state index in [1.54, 1.807) is 14.2 Å². The quantitative estimate of drug-likeness (QED) is 0.586. The highest BCUT2D eigenvalue weighted by Crippen LogP contribution is 2.24. The van der Waals surface area contributed by atoms with Gasteiger partial charge >= 0.3 is 6.03 Å². The maximum absolute atomic E-state index is 12.4. The number of ether oxygens (including phenoxy) is 1. The second-order valence-electron chi connectivity index (χ2n) is 7.30. The van der Waals surface area contributed by atoms with Gasteiger partial charge in [0.1, 0.15) is 5.75 Å². The number of rotatable bonds is 5. The first-order chi connectivity index (χ1) is 13.3. The summed E-state index contributed by atoms with van der Waals surface area (Å²) in [6, 6.07) is 6.56. The Morgan fingerprint density at radius 1 is 1.32 bits per heavy atom. The first-order valence-corrected chi connectivity index (χ1v) is 9.18. The molecule has 3 rings (SSSR count). The molecule has 150 valence electrons. The molecule has 2 heterocycles. The van der Waals surface area contributed by atoms with Gasteiger partial charge in [0, 0.05) is 13.6 Å².